The molecule has 1 saturated heterocycles. The molecule has 0 radical (unpaired) electrons. The second-order valence-electron chi connectivity index (χ2n) is 6.98. The van der Waals surface area contributed by atoms with E-state index in [4.69, 9.17) is 11.6 Å². The molecule has 4 rings (SSSR count). The standard InChI is InChI=1S/C21H21ClN2O2/c1-23-18-5-3-2-4-15(18)14-19(23)20(25)24-12-10-21(26,11-13-24)16-6-8-17(22)9-7-16/h2-9,14,26H,10-13H2,1H3. The highest BCUT2D eigenvalue weighted by Crippen LogP contribution is 2.34. The zero-order valence-electron chi connectivity index (χ0n) is 14.7. The van der Waals surface area contributed by atoms with Crippen LogP contribution in [0, 0.1) is 0 Å². The Kier molecular flexibility index (Phi) is 4.25. The molecule has 26 heavy (non-hydrogen) atoms. The molecule has 0 unspecified atom stereocenters. The largest absolute Gasteiger partial charge is 0.385 e. The number of hydrogen-bond acceptors (Lipinski definition) is 2. The Morgan fingerprint density at radius 3 is 2.38 bits per heavy atom. The summed E-state index contributed by atoms with van der Waals surface area (Å²) in [5.74, 6) is 0.0156. The van der Waals surface area contributed by atoms with Crippen LogP contribution in [-0.4, -0.2) is 33.6 Å². The van der Waals surface area contributed by atoms with Gasteiger partial charge in [0.1, 0.15) is 5.69 Å². The van der Waals surface area contributed by atoms with Crippen LogP contribution in [-0.2, 0) is 12.6 Å². The number of nitrogens with zero attached hydrogens (tertiary/aromatic N) is 2. The quantitative estimate of drug-likeness (QED) is 0.744. The predicted octanol–water partition coefficient (Wildman–Crippen LogP) is 3.96. The topological polar surface area (TPSA) is 45.5 Å². The molecule has 0 atom stereocenters. The summed E-state index contributed by atoms with van der Waals surface area (Å²) in [7, 11) is 1.92. The van der Waals surface area contributed by atoms with E-state index in [9.17, 15) is 9.90 Å². The number of benzene rings is 2. The van der Waals surface area contributed by atoms with Crippen LogP contribution < -0.4 is 0 Å². The Bertz CT molecular complexity index is 954. The van der Waals surface area contributed by atoms with Crippen molar-refractivity contribution >= 4 is 28.4 Å². The van der Waals surface area contributed by atoms with E-state index in [1.165, 1.54) is 0 Å². The van der Waals surface area contributed by atoms with Gasteiger partial charge in [0, 0.05) is 36.1 Å². The van der Waals surface area contributed by atoms with E-state index in [0.29, 0.717) is 36.6 Å². The molecule has 0 aliphatic carbocycles. The first-order valence-corrected chi connectivity index (χ1v) is 9.18. The highest BCUT2D eigenvalue weighted by Gasteiger charge is 2.36. The molecule has 0 spiro atoms. The zero-order chi connectivity index (χ0) is 18.3. The van der Waals surface area contributed by atoms with Gasteiger partial charge < -0.3 is 14.6 Å². The molecule has 134 valence electrons. The first-order chi connectivity index (χ1) is 12.5. The van der Waals surface area contributed by atoms with Crippen molar-refractivity contribution in [3.05, 3.63) is 70.9 Å². The molecule has 2 aromatic carbocycles. The van der Waals surface area contributed by atoms with Gasteiger partial charge in [0.05, 0.1) is 5.60 Å². The third kappa shape index (κ3) is 2.89. The van der Waals surface area contributed by atoms with Gasteiger partial charge in [0.25, 0.3) is 5.91 Å². The molecule has 3 aromatic rings. The molecule has 1 aliphatic rings. The molecule has 1 aromatic heterocycles. The van der Waals surface area contributed by atoms with Crippen molar-refractivity contribution in [3.8, 4) is 0 Å². The first kappa shape index (κ1) is 17.1. The van der Waals surface area contributed by atoms with E-state index in [1.807, 2.05) is 59.0 Å². The molecule has 1 aliphatic heterocycles. The average Bonchev–Trinajstić information content (AvgIpc) is 2.99. The van der Waals surface area contributed by atoms with Gasteiger partial charge in [-0.15, -0.1) is 0 Å². The lowest BCUT2D eigenvalue weighted by atomic mass is 9.84. The second kappa shape index (κ2) is 6.45. The van der Waals surface area contributed by atoms with Gasteiger partial charge in [-0.2, -0.15) is 0 Å². The Labute approximate surface area is 157 Å². The summed E-state index contributed by atoms with van der Waals surface area (Å²) in [6, 6.07) is 17.2. The maximum Gasteiger partial charge on any atom is 0.270 e. The molecule has 1 amide bonds. The lowest BCUT2D eigenvalue weighted by Crippen LogP contribution is -2.45. The van der Waals surface area contributed by atoms with Crippen LogP contribution in [0.15, 0.2) is 54.6 Å². The van der Waals surface area contributed by atoms with E-state index >= 15 is 0 Å². The Hall–Kier alpha value is -2.30. The van der Waals surface area contributed by atoms with E-state index in [-0.39, 0.29) is 5.91 Å². The van der Waals surface area contributed by atoms with E-state index in [2.05, 4.69) is 0 Å². The zero-order valence-corrected chi connectivity index (χ0v) is 15.4. The number of para-hydroxylation sites is 1. The molecule has 2 heterocycles. The van der Waals surface area contributed by atoms with Gasteiger partial charge in [-0.05, 0) is 42.7 Å². The number of hydrogen-bond donors (Lipinski definition) is 1. The van der Waals surface area contributed by atoms with Gasteiger partial charge in [-0.1, -0.05) is 41.9 Å². The van der Waals surface area contributed by atoms with Crippen LogP contribution >= 0.6 is 11.6 Å². The fourth-order valence-electron chi connectivity index (χ4n) is 3.78. The van der Waals surface area contributed by atoms with E-state index in [1.54, 1.807) is 12.1 Å². The smallest absolute Gasteiger partial charge is 0.270 e. The number of aromatic nitrogens is 1. The average molecular weight is 369 g/mol. The molecule has 0 bridgehead atoms. The normalized spacial score (nSPS) is 16.8. The van der Waals surface area contributed by atoms with Crippen molar-refractivity contribution in [1.29, 1.82) is 0 Å². The van der Waals surface area contributed by atoms with Crippen LogP contribution in [0.4, 0.5) is 0 Å². The summed E-state index contributed by atoms with van der Waals surface area (Å²) in [6.07, 6.45) is 1.04. The first-order valence-electron chi connectivity index (χ1n) is 8.80. The highest BCUT2D eigenvalue weighted by molar-refractivity contribution is 6.30. The minimum absolute atomic E-state index is 0.0156. The number of piperidine rings is 1. The van der Waals surface area contributed by atoms with E-state index in [0.717, 1.165) is 16.5 Å². The molecule has 1 N–H and O–H groups in total. The van der Waals surface area contributed by atoms with Crippen molar-refractivity contribution in [2.24, 2.45) is 7.05 Å². The number of rotatable bonds is 2. The maximum absolute atomic E-state index is 13.0. The Morgan fingerprint density at radius 2 is 1.73 bits per heavy atom. The summed E-state index contributed by atoms with van der Waals surface area (Å²) >= 11 is 5.94. The molecular formula is C21H21ClN2O2. The lowest BCUT2D eigenvalue weighted by Gasteiger charge is -2.38. The number of likely N-dealkylation sites (tertiary alicyclic amines) is 1. The predicted molar refractivity (Wildman–Crippen MR) is 103 cm³/mol. The molecule has 5 heteroatoms. The number of aryl methyl sites for hydroxylation is 1. The molecular weight excluding hydrogens is 348 g/mol. The summed E-state index contributed by atoms with van der Waals surface area (Å²) < 4.78 is 1.94. The second-order valence-corrected chi connectivity index (χ2v) is 7.41. The number of fused-ring (bicyclic) bond motifs is 1. The maximum atomic E-state index is 13.0. The third-order valence-electron chi connectivity index (χ3n) is 5.43. The van der Waals surface area contributed by atoms with Gasteiger partial charge in [0.15, 0.2) is 0 Å². The fraction of sp³-hybridized carbons (Fsp3) is 0.286. The van der Waals surface area contributed by atoms with Crippen LogP contribution in [0.5, 0.6) is 0 Å². The lowest BCUT2D eigenvalue weighted by molar-refractivity contribution is -0.0213. The molecule has 1 fully saturated rings. The van der Waals surface area contributed by atoms with Crippen LogP contribution in [0.1, 0.15) is 28.9 Å². The number of carbonyl (C=O) groups is 1. The highest BCUT2D eigenvalue weighted by atomic mass is 35.5. The van der Waals surface area contributed by atoms with Gasteiger partial charge in [0.2, 0.25) is 0 Å². The van der Waals surface area contributed by atoms with Crippen molar-refractivity contribution in [3.63, 3.8) is 0 Å². The number of aliphatic hydroxyl groups is 1. The summed E-state index contributed by atoms with van der Waals surface area (Å²) in [5, 5.41) is 12.7. The number of amides is 1. The van der Waals surface area contributed by atoms with Gasteiger partial charge in [-0.3, -0.25) is 4.79 Å². The number of halogens is 1. The SMILES string of the molecule is Cn1c(C(=O)N2CCC(O)(c3ccc(Cl)cc3)CC2)cc2ccccc21. The van der Waals surface area contributed by atoms with Crippen LogP contribution in [0.25, 0.3) is 10.9 Å². The minimum atomic E-state index is -0.902. The fourth-order valence-corrected chi connectivity index (χ4v) is 3.91. The van der Waals surface area contributed by atoms with Crippen molar-refractivity contribution in [2.45, 2.75) is 18.4 Å². The minimum Gasteiger partial charge on any atom is -0.385 e. The van der Waals surface area contributed by atoms with Crippen molar-refractivity contribution in [2.75, 3.05) is 13.1 Å². The van der Waals surface area contributed by atoms with Crippen LogP contribution in [0.3, 0.4) is 0 Å². The van der Waals surface area contributed by atoms with Gasteiger partial charge in [-0.25, -0.2) is 0 Å². The summed E-state index contributed by atoms with van der Waals surface area (Å²) in [5.41, 5.74) is 1.69. The summed E-state index contributed by atoms with van der Waals surface area (Å²) in [4.78, 5) is 14.8. The Morgan fingerprint density at radius 1 is 1.08 bits per heavy atom. The van der Waals surface area contributed by atoms with Crippen molar-refractivity contribution < 1.29 is 9.90 Å². The van der Waals surface area contributed by atoms with E-state index < -0.39 is 5.60 Å². The van der Waals surface area contributed by atoms with Crippen molar-refractivity contribution in [1.82, 2.24) is 9.47 Å². The number of carbonyl (C=O) groups excluding carboxylic acids is 1. The monoisotopic (exact) mass is 368 g/mol. The molecule has 0 saturated carbocycles. The summed E-state index contributed by atoms with van der Waals surface area (Å²) in [6.45, 7) is 1.05. The molecule has 4 nitrogen and oxygen atoms in total. The Balaban J connectivity index is 1.53. The van der Waals surface area contributed by atoms with Crippen LogP contribution in [0.2, 0.25) is 5.02 Å². The van der Waals surface area contributed by atoms with Gasteiger partial charge >= 0.3 is 0 Å². The third-order valence-corrected chi connectivity index (χ3v) is 5.68.